The summed E-state index contributed by atoms with van der Waals surface area (Å²) < 4.78 is 33.4. The summed E-state index contributed by atoms with van der Waals surface area (Å²) in [7, 11) is -4.01. The van der Waals surface area contributed by atoms with E-state index in [9.17, 15) is 8.42 Å². The van der Waals surface area contributed by atoms with Crippen molar-refractivity contribution < 1.29 is 16.8 Å². The molecule has 2 rings (SSSR count). The van der Waals surface area contributed by atoms with Crippen molar-refractivity contribution in [2.24, 2.45) is 0 Å². The van der Waals surface area contributed by atoms with E-state index < -0.39 is 10.4 Å². The summed E-state index contributed by atoms with van der Waals surface area (Å²) in [5.41, 5.74) is 0. The van der Waals surface area contributed by atoms with Gasteiger partial charge < -0.3 is 4.18 Å². The molecule has 0 bridgehead atoms. The average Bonchev–Trinajstić information content (AvgIpc) is 2.44. The molecular formula is C15H18O4S. The topological polar surface area (TPSA) is 52.6 Å². The van der Waals surface area contributed by atoms with Gasteiger partial charge in [-0.3, -0.25) is 0 Å². The largest absolute Gasteiger partial charge is 0.449 e. The summed E-state index contributed by atoms with van der Waals surface area (Å²) in [6, 6.07) is 12.7. The van der Waals surface area contributed by atoms with Gasteiger partial charge in [-0.2, -0.15) is 8.42 Å². The molecule has 0 unspecified atom stereocenters. The maximum absolute atomic E-state index is 11.8. The van der Waals surface area contributed by atoms with Crippen LogP contribution in [0.1, 0.15) is 26.2 Å². The molecule has 4 nitrogen and oxygen atoms in total. The SMILES string of the molecule is CCCCCOS(=O)(=O)Oc1cccc2ccccc12. The van der Waals surface area contributed by atoms with Crippen LogP contribution in [0.4, 0.5) is 0 Å². The third-order valence-electron chi connectivity index (χ3n) is 2.92. The van der Waals surface area contributed by atoms with E-state index in [1.165, 1.54) is 0 Å². The van der Waals surface area contributed by atoms with E-state index in [-0.39, 0.29) is 6.61 Å². The molecule has 0 N–H and O–H groups in total. The number of benzene rings is 2. The Balaban J connectivity index is 2.11. The molecule has 0 spiro atoms. The smallest absolute Gasteiger partial charge is 0.361 e. The lowest BCUT2D eigenvalue weighted by atomic mass is 10.1. The molecule has 0 aliphatic rings. The van der Waals surface area contributed by atoms with Gasteiger partial charge in [-0.05, 0) is 17.9 Å². The highest BCUT2D eigenvalue weighted by Crippen LogP contribution is 2.26. The van der Waals surface area contributed by atoms with Crippen LogP contribution in [0.25, 0.3) is 10.8 Å². The average molecular weight is 294 g/mol. The zero-order chi connectivity index (χ0) is 14.4. The summed E-state index contributed by atoms with van der Waals surface area (Å²) in [6.45, 7) is 2.20. The Morgan fingerprint density at radius 3 is 2.55 bits per heavy atom. The van der Waals surface area contributed by atoms with E-state index in [2.05, 4.69) is 0 Å². The quantitative estimate of drug-likeness (QED) is 0.731. The normalized spacial score (nSPS) is 11.7. The fraction of sp³-hybridized carbons (Fsp3) is 0.333. The van der Waals surface area contributed by atoms with Crippen molar-refractivity contribution in [3.8, 4) is 5.75 Å². The highest BCUT2D eigenvalue weighted by atomic mass is 32.3. The Kier molecular flexibility index (Phi) is 4.98. The van der Waals surface area contributed by atoms with Gasteiger partial charge in [0.2, 0.25) is 0 Å². The second kappa shape index (κ2) is 6.72. The van der Waals surface area contributed by atoms with Crippen molar-refractivity contribution in [1.82, 2.24) is 0 Å². The van der Waals surface area contributed by atoms with Gasteiger partial charge >= 0.3 is 10.4 Å². The molecule has 2 aromatic rings. The van der Waals surface area contributed by atoms with Crippen LogP contribution >= 0.6 is 0 Å². The molecule has 0 saturated carbocycles. The van der Waals surface area contributed by atoms with Crippen molar-refractivity contribution in [2.45, 2.75) is 26.2 Å². The molecule has 0 radical (unpaired) electrons. The van der Waals surface area contributed by atoms with Crippen LogP contribution in [-0.4, -0.2) is 15.0 Å². The van der Waals surface area contributed by atoms with E-state index in [1.54, 1.807) is 12.1 Å². The van der Waals surface area contributed by atoms with Gasteiger partial charge in [0.25, 0.3) is 0 Å². The van der Waals surface area contributed by atoms with Crippen molar-refractivity contribution >= 4 is 21.2 Å². The fourth-order valence-electron chi connectivity index (χ4n) is 1.92. The molecule has 0 aliphatic heterocycles. The first-order chi connectivity index (χ1) is 9.62. The Morgan fingerprint density at radius 1 is 1.00 bits per heavy atom. The predicted molar refractivity (Wildman–Crippen MR) is 79.0 cm³/mol. The molecule has 5 heteroatoms. The van der Waals surface area contributed by atoms with Crippen molar-refractivity contribution in [3.63, 3.8) is 0 Å². The van der Waals surface area contributed by atoms with Crippen molar-refractivity contribution in [2.75, 3.05) is 6.61 Å². The molecule has 0 saturated heterocycles. The first kappa shape index (κ1) is 14.8. The maximum atomic E-state index is 11.8. The molecule has 108 valence electrons. The molecule has 0 fully saturated rings. The molecule has 20 heavy (non-hydrogen) atoms. The third kappa shape index (κ3) is 3.95. The predicted octanol–water partition coefficient (Wildman–Crippen LogP) is 3.67. The zero-order valence-corrected chi connectivity index (χ0v) is 12.2. The van der Waals surface area contributed by atoms with Gasteiger partial charge in [-0.15, -0.1) is 0 Å². The van der Waals surface area contributed by atoms with E-state index in [0.717, 1.165) is 23.6 Å². The van der Waals surface area contributed by atoms with E-state index in [4.69, 9.17) is 8.37 Å². The molecule has 0 atom stereocenters. The first-order valence-corrected chi connectivity index (χ1v) is 8.02. The van der Waals surface area contributed by atoms with Crippen LogP contribution < -0.4 is 4.18 Å². The maximum Gasteiger partial charge on any atom is 0.449 e. The lowest BCUT2D eigenvalue weighted by Gasteiger charge is -2.09. The minimum absolute atomic E-state index is 0.154. The van der Waals surface area contributed by atoms with Crippen LogP contribution in [-0.2, 0) is 14.6 Å². The molecule has 2 aromatic carbocycles. The van der Waals surface area contributed by atoms with E-state index in [0.29, 0.717) is 12.2 Å². The number of unbranched alkanes of at least 4 members (excludes halogenated alkanes) is 2. The van der Waals surface area contributed by atoms with Crippen LogP contribution in [0.5, 0.6) is 5.75 Å². The Morgan fingerprint density at radius 2 is 1.75 bits per heavy atom. The molecule has 0 amide bonds. The minimum atomic E-state index is -4.01. The zero-order valence-electron chi connectivity index (χ0n) is 11.4. The number of hydrogen-bond acceptors (Lipinski definition) is 4. The van der Waals surface area contributed by atoms with Crippen LogP contribution in [0, 0.1) is 0 Å². The minimum Gasteiger partial charge on any atom is -0.361 e. The van der Waals surface area contributed by atoms with Gasteiger partial charge in [0.1, 0.15) is 0 Å². The molecule has 0 aliphatic carbocycles. The van der Waals surface area contributed by atoms with Gasteiger partial charge in [-0.1, -0.05) is 56.2 Å². The summed E-state index contributed by atoms with van der Waals surface area (Å²) in [4.78, 5) is 0. The van der Waals surface area contributed by atoms with Crippen molar-refractivity contribution in [3.05, 3.63) is 42.5 Å². The van der Waals surface area contributed by atoms with Crippen LogP contribution in [0.15, 0.2) is 42.5 Å². The van der Waals surface area contributed by atoms with Crippen molar-refractivity contribution in [1.29, 1.82) is 0 Å². The molecule has 0 aromatic heterocycles. The Hall–Kier alpha value is -1.59. The van der Waals surface area contributed by atoms with E-state index in [1.807, 2.05) is 37.3 Å². The lowest BCUT2D eigenvalue weighted by molar-refractivity contribution is 0.267. The Labute approximate surface area is 119 Å². The molecular weight excluding hydrogens is 276 g/mol. The Bertz CT molecular complexity index is 659. The third-order valence-corrected chi connectivity index (χ3v) is 3.76. The number of fused-ring (bicyclic) bond motifs is 1. The van der Waals surface area contributed by atoms with E-state index >= 15 is 0 Å². The lowest BCUT2D eigenvalue weighted by Crippen LogP contribution is -2.14. The number of hydrogen-bond donors (Lipinski definition) is 0. The standard InChI is InChI=1S/C15H18O4S/c1-2-3-6-12-18-20(16,17)19-15-11-7-9-13-8-4-5-10-14(13)15/h4-5,7-11H,2-3,6,12H2,1H3. The fourth-order valence-corrected chi connectivity index (χ4v) is 2.65. The van der Waals surface area contributed by atoms with Gasteiger partial charge in [-0.25, -0.2) is 4.18 Å². The van der Waals surface area contributed by atoms with Crippen LogP contribution in [0.2, 0.25) is 0 Å². The highest BCUT2D eigenvalue weighted by molar-refractivity contribution is 7.82. The summed E-state index contributed by atoms with van der Waals surface area (Å²) in [5.74, 6) is 0.290. The summed E-state index contributed by atoms with van der Waals surface area (Å²) >= 11 is 0. The van der Waals surface area contributed by atoms with Gasteiger partial charge in [0, 0.05) is 5.39 Å². The van der Waals surface area contributed by atoms with Gasteiger partial charge in [0.15, 0.2) is 5.75 Å². The monoisotopic (exact) mass is 294 g/mol. The first-order valence-electron chi connectivity index (χ1n) is 6.69. The highest BCUT2D eigenvalue weighted by Gasteiger charge is 2.15. The number of rotatable bonds is 7. The summed E-state index contributed by atoms with van der Waals surface area (Å²) in [6.07, 6.45) is 2.64. The second-order valence-electron chi connectivity index (χ2n) is 4.50. The summed E-state index contributed by atoms with van der Waals surface area (Å²) in [5, 5.41) is 1.67. The van der Waals surface area contributed by atoms with Gasteiger partial charge in [0.05, 0.1) is 6.61 Å². The molecule has 0 heterocycles. The second-order valence-corrected chi connectivity index (χ2v) is 5.72. The van der Waals surface area contributed by atoms with Crippen LogP contribution in [0.3, 0.4) is 0 Å².